The van der Waals surface area contributed by atoms with E-state index in [-0.39, 0.29) is 0 Å². The maximum Gasteiger partial charge on any atom is 0.227 e. The van der Waals surface area contributed by atoms with Crippen LogP contribution in [-0.2, 0) is 6.54 Å². The lowest BCUT2D eigenvalue weighted by molar-refractivity contribution is 0.327. The Morgan fingerprint density at radius 1 is 1.04 bits per heavy atom. The number of aromatic nitrogens is 2. The molecule has 2 heterocycles. The first kappa shape index (κ1) is 17.7. The average molecular weight is 361 g/mol. The largest absolute Gasteiger partial charge is 0.363 e. The summed E-state index contributed by atoms with van der Waals surface area (Å²) in [7, 11) is 6.13. The summed E-state index contributed by atoms with van der Waals surface area (Å²) in [5, 5.41) is 2.68. The number of anilines is 2. The van der Waals surface area contributed by atoms with Crippen LogP contribution in [0, 0.1) is 0 Å². The molecule has 0 aliphatic carbocycles. The molecule has 1 aliphatic heterocycles. The first-order chi connectivity index (χ1) is 13.1. The van der Waals surface area contributed by atoms with Crippen molar-refractivity contribution in [2.75, 3.05) is 44.0 Å². The molecule has 1 unspecified atom stereocenters. The Kier molecular flexibility index (Phi) is 4.94. The second-order valence-electron chi connectivity index (χ2n) is 7.54. The molecule has 1 fully saturated rings. The Hall–Kier alpha value is -2.66. The second kappa shape index (κ2) is 7.53. The van der Waals surface area contributed by atoms with Gasteiger partial charge in [0, 0.05) is 53.0 Å². The molecule has 27 heavy (non-hydrogen) atoms. The molecule has 0 radical (unpaired) electrons. The van der Waals surface area contributed by atoms with E-state index in [1.807, 2.05) is 31.3 Å². The lowest BCUT2D eigenvalue weighted by atomic mass is 10.0. The maximum atomic E-state index is 4.69. The molecule has 140 valence electrons. The third-order valence-electron chi connectivity index (χ3n) is 5.47. The van der Waals surface area contributed by atoms with E-state index in [0.717, 1.165) is 37.8 Å². The van der Waals surface area contributed by atoms with Crippen molar-refractivity contribution < 1.29 is 0 Å². The predicted octanol–water partition coefficient (Wildman–Crippen LogP) is 3.41. The van der Waals surface area contributed by atoms with E-state index in [2.05, 4.69) is 69.3 Å². The minimum atomic E-state index is 0.442. The van der Waals surface area contributed by atoms with Gasteiger partial charge in [-0.15, -0.1) is 0 Å². The number of likely N-dealkylation sites (N-methyl/N-ethyl adjacent to an activating group) is 1. The SMILES string of the molecule is CN(C)c1ccnc(N(C)C2CCN(Cc3cccc4ccccc34)C2)n1. The topological polar surface area (TPSA) is 35.5 Å². The number of likely N-dealkylation sites (tertiary alicyclic amines) is 1. The van der Waals surface area contributed by atoms with Gasteiger partial charge in [0.25, 0.3) is 0 Å². The summed E-state index contributed by atoms with van der Waals surface area (Å²) in [6.07, 6.45) is 2.98. The number of rotatable bonds is 5. The summed E-state index contributed by atoms with van der Waals surface area (Å²) >= 11 is 0. The third kappa shape index (κ3) is 3.74. The number of hydrogen-bond acceptors (Lipinski definition) is 5. The molecule has 0 bridgehead atoms. The maximum absolute atomic E-state index is 4.69. The van der Waals surface area contributed by atoms with E-state index in [4.69, 9.17) is 0 Å². The average Bonchev–Trinajstić information content (AvgIpc) is 3.16. The van der Waals surface area contributed by atoms with Crippen LogP contribution in [0.15, 0.2) is 54.7 Å². The molecule has 5 nitrogen and oxygen atoms in total. The van der Waals surface area contributed by atoms with Crippen molar-refractivity contribution in [1.29, 1.82) is 0 Å². The summed E-state index contributed by atoms with van der Waals surface area (Å²) in [4.78, 5) is 16.0. The monoisotopic (exact) mass is 361 g/mol. The van der Waals surface area contributed by atoms with Crippen LogP contribution in [0.4, 0.5) is 11.8 Å². The minimum Gasteiger partial charge on any atom is -0.363 e. The molecular weight excluding hydrogens is 334 g/mol. The Balaban J connectivity index is 1.46. The normalized spacial score (nSPS) is 17.4. The fourth-order valence-corrected chi connectivity index (χ4v) is 3.86. The molecule has 5 heteroatoms. The molecule has 1 aromatic heterocycles. The highest BCUT2D eigenvalue weighted by molar-refractivity contribution is 5.85. The summed E-state index contributed by atoms with van der Waals surface area (Å²) in [6.45, 7) is 3.13. The zero-order valence-corrected chi connectivity index (χ0v) is 16.3. The molecule has 1 atom stereocenters. The Morgan fingerprint density at radius 3 is 2.70 bits per heavy atom. The highest BCUT2D eigenvalue weighted by Gasteiger charge is 2.27. The van der Waals surface area contributed by atoms with Gasteiger partial charge < -0.3 is 9.80 Å². The van der Waals surface area contributed by atoms with Gasteiger partial charge in [-0.05, 0) is 28.8 Å². The number of fused-ring (bicyclic) bond motifs is 1. The van der Waals surface area contributed by atoms with Gasteiger partial charge in [0.05, 0.1) is 0 Å². The van der Waals surface area contributed by atoms with Crippen LogP contribution >= 0.6 is 0 Å². The molecule has 2 aromatic carbocycles. The van der Waals surface area contributed by atoms with Crippen LogP contribution in [-0.4, -0.2) is 55.1 Å². The fourth-order valence-electron chi connectivity index (χ4n) is 3.86. The zero-order valence-electron chi connectivity index (χ0n) is 16.3. The molecule has 4 rings (SSSR count). The molecule has 0 spiro atoms. The smallest absolute Gasteiger partial charge is 0.227 e. The van der Waals surface area contributed by atoms with Crippen LogP contribution in [0.2, 0.25) is 0 Å². The van der Waals surface area contributed by atoms with Gasteiger partial charge in [-0.25, -0.2) is 4.98 Å². The van der Waals surface area contributed by atoms with Gasteiger partial charge in [-0.2, -0.15) is 4.98 Å². The van der Waals surface area contributed by atoms with Crippen LogP contribution in [0.3, 0.4) is 0 Å². The van der Waals surface area contributed by atoms with Gasteiger partial charge in [-0.3, -0.25) is 4.90 Å². The van der Waals surface area contributed by atoms with E-state index < -0.39 is 0 Å². The van der Waals surface area contributed by atoms with Crippen molar-refractivity contribution in [1.82, 2.24) is 14.9 Å². The first-order valence-electron chi connectivity index (χ1n) is 9.54. The van der Waals surface area contributed by atoms with Gasteiger partial charge in [-0.1, -0.05) is 42.5 Å². The molecular formula is C22H27N5. The van der Waals surface area contributed by atoms with Crippen molar-refractivity contribution in [3.05, 3.63) is 60.3 Å². The zero-order chi connectivity index (χ0) is 18.8. The van der Waals surface area contributed by atoms with E-state index in [1.165, 1.54) is 16.3 Å². The fraction of sp³-hybridized carbons (Fsp3) is 0.364. The number of nitrogens with zero attached hydrogens (tertiary/aromatic N) is 5. The number of hydrogen-bond donors (Lipinski definition) is 0. The highest BCUT2D eigenvalue weighted by Crippen LogP contribution is 2.24. The lowest BCUT2D eigenvalue weighted by Gasteiger charge is -2.26. The summed E-state index contributed by atoms with van der Waals surface area (Å²) < 4.78 is 0. The van der Waals surface area contributed by atoms with Crippen LogP contribution in [0.5, 0.6) is 0 Å². The van der Waals surface area contributed by atoms with E-state index in [0.29, 0.717) is 6.04 Å². The van der Waals surface area contributed by atoms with Crippen molar-refractivity contribution >= 4 is 22.5 Å². The minimum absolute atomic E-state index is 0.442. The van der Waals surface area contributed by atoms with E-state index in [1.54, 1.807) is 0 Å². The summed E-state index contributed by atoms with van der Waals surface area (Å²) in [5.74, 6) is 1.75. The number of benzene rings is 2. The first-order valence-corrected chi connectivity index (χ1v) is 9.54. The standard InChI is InChI=1S/C22H27N5/c1-25(2)21-11-13-23-22(24-21)26(3)19-12-14-27(16-19)15-18-9-6-8-17-7-4-5-10-20(17)18/h4-11,13,19H,12,14-16H2,1-3H3. The van der Waals surface area contributed by atoms with Gasteiger partial charge in [0.2, 0.25) is 5.95 Å². The molecule has 1 saturated heterocycles. The van der Waals surface area contributed by atoms with Crippen LogP contribution < -0.4 is 9.80 Å². The van der Waals surface area contributed by atoms with Crippen molar-refractivity contribution in [3.63, 3.8) is 0 Å². The third-order valence-corrected chi connectivity index (χ3v) is 5.47. The van der Waals surface area contributed by atoms with Gasteiger partial charge >= 0.3 is 0 Å². The van der Waals surface area contributed by atoms with Crippen LogP contribution in [0.1, 0.15) is 12.0 Å². The van der Waals surface area contributed by atoms with Crippen molar-refractivity contribution in [2.45, 2.75) is 19.0 Å². The van der Waals surface area contributed by atoms with Gasteiger partial charge in [0.15, 0.2) is 0 Å². The molecule has 0 saturated carbocycles. The molecule has 1 aliphatic rings. The van der Waals surface area contributed by atoms with Crippen molar-refractivity contribution in [2.24, 2.45) is 0 Å². The quantitative estimate of drug-likeness (QED) is 0.696. The molecule has 0 N–H and O–H groups in total. The van der Waals surface area contributed by atoms with E-state index >= 15 is 0 Å². The Bertz CT molecular complexity index is 918. The Morgan fingerprint density at radius 2 is 1.85 bits per heavy atom. The predicted molar refractivity (Wildman–Crippen MR) is 112 cm³/mol. The Labute approximate surface area is 161 Å². The van der Waals surface area contributed by atoms with E-state index in [9.17, 15) is 0 Å². The van der Waals surface area contributed by atoms with Gasteiger partial charge in [0.1, 0.15) is 5.82 Å². The molecule has 3 aromatic rings. The lowest BCUT2D eigenvalue weighted by Crippen LogP contribution is -2.35. The summed E-state index contributed by atoms with van der Waals surface area (Å²) in [5.41, 5.74) is 1.40. The van der Waals surface area contributed by atoms with Crippen molar-refractivity contribution in [3.8, 4) is 0 Å². The van der Waals surface area contributed by atoms with Crippen LogP contribution in [0.25, 0.3) is 10.8 Å². The molecule has 0 amide bonds. The highest BCUT2D eigenvalue weighted by atomic mass is 15.3. The second-order valence-corrected chi connectivity index (χ2v) is 7.54. The summed E-state index contributed by atoms with van der Waals surface area (Å²) in [6, 6.07) is 17.6.